The summed E-state index contributed by atoms with van der Waals surface area (Å²) in [7, 11) is -3.87. The second-order valence-corrected chi connectivity index (χ2v) is 9.54. The molecule has 0 spiro atoms. The number of rotatable bonds is 5. The minimum Gasteiger partial charge on any atom is -0.321 e. The number of sulfonamides is 1. The molecular weight excluding hydrogens is 420 g/mol. The molecule has 0 fully saturated rings. The van der Waals surface area contributed by atoms with Crippen LogP contribution in [0.2, 0.25) is 0 Å². The van der Waals surface area contributed by atoms with Gasteiger partial charge >= 0.3 is 0 Å². The van der Waals surface area contributed by atoms with Gasteiger partial charge in [-0.1, -0.05) is 60.2 Å². The molecule has 0 aliphatic rings. The number of benzene rings is 4. The number of aryl methyl sites for hydroxylation is 3. The minimum atomic E-state index is -3.87. The normalized spacial score (nSPS) is 11.3. The van der Waals surface area contributed by atoms with Gasteiger partial charge in [0.15, 0.2) is 0 Å². The van der Waals surface area contributed by atoms with Gasteiger partial charge in [0.05, 0.1) is 10.6 Å². The summed E-state index contributed by atoms with van der Waals surface area (Å²) in [5.74, 6) is -0.371. The van der Waals surface area contributed by atoms with Crippen LogP contribution < -0.4 is 10.0 Å². The zero-order valence-corrected chi connectivity index (χ0v) is 19.0. The molecule has 32 heavy (non-hydrogen) atoms. The third kappa shape index (κ3) is 4.36. The second kappa shape index (κ2) is 8.48. The summed E-state index contributed by atoms with van der Waals surface area (Å²) in [5, 5.41) is 4.84. The second-order valence-electron chi connectivity index (χ2n) is 7.88. The largest absolute Gasteiger partial charge is 0.321 e. The molecule has 2 N–H and O–H groups in total. The Morgan fingerprint density at radius 1 is 0.750 bits per heavy atom. The van der Waals surface area contributed by atoms with E-state index in [1.54, 1.807) is 25.1 Å². The predicted molar refractivity (Wildman–Crippen MR) is 130 cm³/mol. The van der Waals surface area contributed by atoms with E-state index in [1.165, 1.54) is 6.07 Å². The fourth-order valence-corrected chi connectivity index (χ4v) is 5.09. The lowest BCUT2D eigenvalue weighted by atomic mass is 10.1. The molecule has 0 unspecified atom stereocenters. The predicted octanol–water partition coefficient (Wildman–Crippen LogP) is 5.82. The quantitative estimate of drug-likeness (QED) is 0.407. The molecule has 1 amide bonds. The molecule has 5 nitrogen and oxygen atoms in total. The van der Waals surface area contributed by atoms with Crippen molar-refractivity contribution in [3.8, 4) is 0 Å². The number of fused-ring (bicyclic) bond motifs is 1. The maximum absolute atomic E-state index is 13.1. The topological polar surface area (TPSA) is 75.3 Å². The van der Waals surface area contributed by atoms with Gasteiger partial charge in [-0.25, -0.2) is 8.42 Å². The zero-order chi connectivity index (χ0) is 22.9. The monoisotopic (exact) mass is 444 g/mol. The first kappa shape index (κ1) is 21.6. The molecule has 0 saturated heterocycles. The summed E-state index contributed by atoms with van der Waals surface area (Å²) >= 11 is 0. The van der Waals surface area contributed by atoms with Crippen LogP contribution >= 0.6 is 0 Å². The molecule has 0 aliphatic heterocycles. The van der Waals surface area contributed by atoms with Crippen LogP contribution in [0.5, 0.6) is 0 Å². The highest BCUT2D eigenvalue weighted by Gasteiger charge is 2.20. The standard InChI is InChI=1S/C26H24N2O3S/c1-17-11-14-23(19(3)15-17)28-32(30,31)25-16-21(13-12-18(25)2)26(29)27-24-10-6-8-20-7-4-5-9-22(20)24/h4-16,28H,1-3H3,(H,27,29). The summed E-state index contributed by atoms with van der Waals surface area (Å²) in [6, 6.07) is 23.6. The van der Waals surface area contributed by atoms with Gasteiger partial charge in [0, 0.05) is 16.6 Å². The number of carbonyl (C=O) groups is 1. The number of carbonyl (C=O) groups excluding carboxylic acids is 1. The SMILES string of the molecule is Cc1ccc(NS(=O)(=O)c2cc(C(=O)Nc3cccc4ccccc34)ccc2C)c(C)c1. The summed E-state index contributed by atoms with van der Waals surface area (Å²) < 4.78 is 28.9. The smallest absolute Gasteiger partial charge is 0.262 e. The van der Waals surface area contributed by atoms with Crippen molar-refractivity contribution < 1.29 is 13.2 Å². The number of hydrogen-bond donors (Lipinski definition) is 2. The maximum Gasteiger partial charge on any atom is 0.262 e. The molecule has 162 valence electrons. The van der Waals surface area contributed by atoms with Crippen LogP contribution in [0.25, 0.3) is 10.8 Å². The van der Waals surface area contributed by atoms with Crippen molar-refractivity contribution in [2.24, 2.45) is 0 Å². The van der Waals surface area contributed by atoms with Crippen LogP contribution in [-0.2, 0) is 10.0 Å². The van der Waals surface area contributed by atoms with Crippen molar-refractivity contribution in [2.45, 2.75) is 25.7 Å². The molecule has 0 saturated carbocycles. The number of hydrogen-bond acceptors (Lipinski definition) is 3. The lowest BCUT2D eigenvalue weighted by Gasteiger charge is -2.14. The van der Waals surface area contributed by atoms with Crippen LogP contribution in [0.3, 0.4) is 0 Å². The maximum atomic E-state index is 13.1. The van der Waals surface area contributed by atoms with Gasteiger partial charge in [-0.15, -0.1) is 0 Å². The average molecular weight is 445 g/mol. The lowest BCUT2D eigenvalue weighted by Crippen LogP contribution is -2.17. The first-order valence-electron chi connectivity index (χ1n) is 10.2. The van der Waals surface area contributed by atoms with E-state index in [0.29, 0.717) is 16.9 Å². The van der Waals surface area contributed by atoms with Crippen molar-refractivity contribution >= 4 is 38.1 Å². The van der Waals surface area contributed by atoms with Gasteiger partial charge in [0.25, 0.3) is 15.9 Å². The Morgan fingerprint density at radius 2 is 1.50 bits per heavy atom. The van der Waals surface area contributed by atoms with Crippen LogP contribution in [0.4, 0.5) is 11.4 Å². The number of nitrogens with one attached hydrogen (secondary N) is 2. The molecule has 6 heteroatoms. The Bertz CT molecular complexity index is 1440. The van der Waals surface area contributed by atoms with Crippen LogP contribution in [-0.4, -0.2) is 14.3 Å². The third-order valence-corrected chi connectivity index (χ3v) is 6.91. The van der Waals surface area contributed by atoms with Crippen LogP contribution in [0.1, 0.15) is 27.0 Å². The van der Waals surface area contributed by atoms with Gasteiger partial charge in [-0.2, -0.15) is 0 Å². The van der Waals surface area contributed by atoms with Crippen molar-refractivity contribution in [1.29, 1.82) is 0 Å². The van der Waals surface area contributed by atoms with Crippen LogP contribution in [0.15, 0.2) is 83.8 Å². The van der Waals surface area contributed by atoms with Crippen LogP contribution in [0, 0.1) is 20.8 Å². The molecule has 0 aromatic heterocycles. The molecule has 0 heterocycles. The Labute approximate surface area is 188 Å². The van der Waals surface area contributed by atoms with Crippen molar-refractivity contribution in [2.75, 3.05) is 10.0 Å². The molecule has 0 bridgehead atoms. The fourth-order valence-electron chi connectivity index (χ4n) is 3.69. The fraction of sp³-hybridized carbons (Fsp3) is 0.115. The first-order valence-corrected chi connectivity index (χ1v) is 11.7. The minimum absolute atomic E-state index is 0.0723. The zero-order valence-electron chi connectivity index (χ0n) is 18.1. The van der Waals surface area contributed by atoms with Gasteiger partial charge in [-0.3, -0.25) is 9.52 Å². The van der Waals surface area contributed by atoms with Gasteiger partial charge < -0.3 is 5.32 Å². The van der Waals surface area contributed by atoms with Gasteiger partial charge in [-0.05, 0) is 61.5 Å². The lowest BCUT2D eigenvalue weighted by molar-refractivity contribution is 0.102. The van der Waals surface area contributed by atoms with E-state index in [0.717, 1.165) is 21.9 Å². The highest BCUT2D eigenvalue weighted by atomic mass is 32.2. The van der Waals surface area contributed by atoms with E-state index in [9.17, 15) is 13.2 Å². The summed E-state index contributed by atoms with van der Waals surface area (Å²) in [5.41, 5.74) is 3.89. The summed E-state index contributed by atoms with van der Waals surface area (Å²) in [6.07, 6.45) is 0. The first-order chi connectivity index (χ1) is 15.2. The van der Waals surface area contributed by atoms with Crippen molar-refractivity contribution in [3.63, 3.8) is 0 Å². The Hall–Kier alpha value is -3.64. The highest BCUT2D eigenvalue weighted by molar-refractivity contribution is 7.92. The van der Waals surface area contributed by atoms with Gasteiger partial charge in [0.2, 0.25) is 0 Å². The Balaban J connectivity index is 1.65. The number of anilines is 2. The highest BCUT2D eigenvalue weighted by Crippen LogP contribution is 2.26. The number of amides is 1. The van der Waals surface area contributed by atoms with E-state index >= 15 is 0 Å². The molecule has 4 rings (SSSR count). The molecule has 4 aromatic carbocycles. The molecule has 4 aromatic rings. The van der Waals surface area contributed by atoms with Crippen molar-refractivity contribution in [3.05, 3.63) is 101 Å². The average Bonchev–Trinajstić information content (AvgIpc) is 2.76. The summed E-state index contributed by atoms with van der Waals surface area (Å²) in [4.78, 5) is 13.0. The Kier molecular flexibility index (Phi) is 5.72. The van der Waals surface area contributed by atoms with E-state index < -0.39 is 10.0 Å². The van der Waals surface area contributed by atoms with E-state index in [-0.39, 0.29) is 16.4 Å². The molecule has 0 radical (unpaired) electrons. The Morgan fingerprint density at radius 3 is 2.28 bits per heavy atom. The molecule has 0 aliphatic carbocycles. The van der Waals surface area contributed by atoms with E-state index in [4.69, 9.17) is 0 Å². The third-order valence-electron chi connectivity index (χ3n) is 5.40. The van der Waals surface area contributed by atoms with Crippen molar-refractivity contribution in [1.82, 2.24) is 0 Å². The summed E-state index contributed by atoms with van der Waals surface area (Å²) in [6.45, 7) is 5.52. The van der Waals surface area contributed by atoms with Gasteiger partial charge in [0.1, 0.15) is 0 Å². The molecular formula is C26H24N2O3S. The van der Waals surface area contributed by atoms with E-state index in [1.807, 2.05) is 68.4 Å². The van der Waals surface area contributed by atoms with E-state index in [2.05, 4.69) is 10.0 Å². The molecule has 0 atom stereocenters.